The summed E-state index contributed by atoms with van der Waals surface area (Å²) in [5.74, 6) is -0.516. The molecule has 2 aromatic rings. The van der Waals surface area contributed by atoms with Crippen LogP contribution in [0.4, 0.5) is 5.69 Å². The minimum absolute atomic E-state index is 0.0347. The van der Waals surface area contributed by atoms with Crippen molar-refractivity contribution in [2.75, 3.05) is 5.32 Å². The molecule has 0 saturated carbocycles. The Kier molecular flexibility index (Phi) is 4.57. The molecule has 0 saturated heterocycles. The van der Waals surface area contributed by atoms with Crippen LogP contribution in [0.1, 0.15) is 10.4 Å². The van der Waals surface area contributed by atoms with Gasteiger partial charge in [-0.2, -0.15) is 0 Å². The molecule has 0 aromatic carbocycles. The van der Waals surface area contributed by atoms with Gasteiger partial charge in [0.2, 0.25) is 0 Å². The number of nitrogens with zero attached hydrogens (tertiary/aromatic N) is 3. The Bertz CT molecular complexity index is 632. The molecule has 0 bridgehead atoms. The number of anilines is 1. The molecule has 0 unspecified atom stereocenters. The number of aromatic nitrogens is 3. The van der Waals surface area contributed by atoms with Crippen molar-refractivity contribution >= 4 is 62.3 Å². The van der Waals surface area contributed by atoms with Gasteiger partial charge in [0.15, 0.2) is 10.3 Å². The molecular weight excluding hydrogens is 378 g/mol. The van der Waals surface area contributed by atoms with Gasteiger partial charge in [-0.1, -0.05) is 34.8 Å². The molecule has 2 heterocycles. The van der Waals surface area contributed by atoms with Crippen molar-refractivity contribution in [3.63, 3.8) is 0 Å². The lowest BCUT2D eigenvalue weighted by atomic mass is 10.2. The lowest BCUT2D eigenvalue weighted by Crippen LogP contribution is -2.14. The molecule has 2 rings (SSSR count). The summed E-state index contributed by atoms with van der Waals surface area (Å²) in [5, 5.41) is 2.62. The quantitative estimate of drug-likeness (QED) is 0.633. The second-order valence-electron chi connectivity index (χ2n) is 3.28. The van der Waals surface area contributed by atoms with Crippen molar-refractivity contribution in [2.45, 2.75) is 0 Å². The van der Waals surface area contributed by atoms with Crippen molar-refractivity contribution in [3.05, 3.63) is 44.1 Å². The van der Waals surface area contributed by atoms with E-state index in [4.69, 9.17) is 34.8 Å². The third-order valence-electron chi connectivity index (χ3n) is 2.04. The Morgan fingerprint density at radius 3 is 2.37 bits per heavy atom. The van der Waals surface area contributed by atoms with Crippen molar-refractivity contribution in [2.24, 2.45) is 0 Å². The standard InChI is InChI=1S/C10H4BrCl3N4O/c11-4-1-5(7(12)15-2-4)10(19)18-6-8(13)16-3-17-9(6)14/h1-3H,(H,18,19). The maximum atomic E-state index is 12.1. The molecule has 19 heavy (non-hydrogen) atoms. The van der Waals surface area contributed by atoms with Crippen LogP contribution in [-0.4, -0.2) is 20.9 Å². The summed E-state index contributed by atoms with van der Waals surface area (Å²) in [5.41, 5.74) is 0.291. The number of hydrogen-bond acceptors (Lipinski definition) is 4. The molecule has 0 aliphatic carbocycles. The maximum absolute atomic E-state index is 12.1. The molecule has 0 spiro atoms. The molecule has 9 heteroatoms. The summed E-state index contributed by atoms with van der Waals surface area (Å²) in [4.78, 5) is 23.4. The van der Waals surface area contributed by atoms with Gasteiger partial charge in [-0.25, -0.2) is 15.0 Å². The zero-order valence-electron chi connectivity index (χ0n) is 8.99. The average molecular weight is 382 g/mol. The van der Waals surface area contributed by atoms with Crippen LogP contribution < -0.4 is 5.32 Å². The molecule has 5 nitrogen and oxygen atoms in total. The summed E-state index contributed by atoms with van der Waals surface area (Å²) in [6, 6.07) is 1.52. The van der Waals surface area contributed by atoms with Crippen LogP contribution in [0, 0.1) is 0 Å². The summed E-state index contributed by atoms with van der Waals surface area (Å²) in [7, 11) is 0. The van der Waals surface area contributed by atoms with E-state index in [0.717, 1.165) is 0 Å². The predicted octanol–water partition coefficient (Wildman–Crippen LogP) is 3.85. The molecule has 98 valence electrons. The van der Waals surface area contributed by atoms with Crippen molar-refractivity contribution in [3.8, 4) is 0 Å². The minimum Gasteiger partial charge on any atom is -0.317 e. The number of rotatable bonds is 2. The normalized spacial score (nSPS) is 10.3. The topological polar surface area (TPSA) is 67.8 Å². The van der Waals surface area contributed by atoms with Crippen LogP contribution in [0.3, 0.4) is 0 Å². The van der Waals surface area contributed by atoms with E-state index < -0.39 is 5.91 Å². The van der Waals surface area contributed by atoms with E-state index in [1.165, 1.54) is 18.6 Å². The average Bonchev–Trinajstić information content (AvgIpc) is 2.37. The second kappa shape index (κ2) is 6.00. The molecule has 0 fully saturated rings. The van der Waals surface area contributed by atoms with Gasteiger partial charge in [0, 0.05) is 10.7 Å². The van der Waals surface area contributed by atoms with E-state index in [0.29, 0.717) is 4.47 Å². The largest absolute Gasteiger partial charge is 0.317 e. The van der Waals surface area contributed by atoms with E-state index >= 15 is 0 Å². The number of hydrogen-bond donors (Lipinski definition) is 1. The van der Waals surface area contributed by atoms with E-state index in [9.17, 15) is 4.79 Å². The summed E-state index contributed by atoms with van der Waals surface area (Å²) < 4.78 is 0.614. The number of carbonyl (C=O) groups is 1. The molecule has 1 N–H and O–H groups in total. The monoisotopic (exact) mass is 380 g/mol. The highest BCUT2D eigenvalue weighted by Gasteiger charge is 2.16. The predicted molar refractivity (Wildman–Crippen MR) is 77.0 cm³/mol. The molecule has 0 aliphatic heterocycles. The Morgan fingerprint density at radius 2 is 1.74 bits per heavy atom. The van der Waals surface area contributed by atoms with Gasteiger partial charge in [-0.15, -0.1) is 0 Å². The Balaban J connectivity index is 2.34. The Labute approximate surface area is 131 Å². The Morgan fingerprint density at radius 1 is 1.11 bits per heavy atom. The highest BCUT2D eigenvalue weighted by molar-refractivity contribution is 9.10. The fourth-order valence-electron chi connectivity index (χ4n) is 1.21. The molecule has 1 amide bonds. The zero-order valence-corrected chi connectivity index (χ0v) is 12.8. The van der Waals surface area contributed by atoms with E-state index in [-0.39, 0.29) is 26.7 Å². The number of amides is 1. The minimum atomic E-state index is -0.516. The molecule has 0 radical (unpaired) electrons. The van der Waals surface area contributed by atoms with Crippen molar-refractivity contribution in [1.82, 2.24) is 15.0 Å². The third kappa shape index (κ3) is 3.33. The van der Waals surface area contributed by atoms with E-state index in [2.05, 4.69) is 36.2 Å². The molecule has 0 aliphatic rings. The van der Waals surface area contributed by atoms with Crippen LogP contribution >= 0.6 is 50.7 Å². The fraction of sp³-hybridized carbons (Fsp3) is 0. The lowest BCUT2D eigenvalue weighted by molar-refractivity contribution is 0.102. The van der Waals surface area contributed by atoms with Gasteiger partial charge in [0.25, 0.3) is 5.91 Å². The van der Waals surface area contributed by atoms with Crippen LogP contribution in [0.25, 0.3) is 0 Å². The first-order valence-electron chi connectivity index (χ1n) is 4.77. The SMILES string of the molecule is O=C(Nc1c(Cl)ncnc1Cl)c1cc(Br)cnc1Cl. The van der Waals surface area contributed by atoms with Gasteiger partial charge in [0.1, 0.15) is 17.2 Å². The van der Waals surface area contributed by atoms with E-state index in [1.807, 2.05) is 0 Å². The number of nitrogens with one attached hydrogen (secondary N) is 1. The highest BCUT2D eigenvalue weighted by atomic mass is 79.9. The number of pyridine rings is 1. The van der Waals surface area contributed by atoms with Crippen molar-refractivity contribution < 1.29 is 4.79 Å². The fourth-order valence-corrected chi connectivity index (χ4v) is 2.14. The molecule has 0 atom stereocenters. The van der Waals surface area contributed by atoms with Crippen LogP contribution in [0.5, 0.6) is 0 Å². The van der Waals surface area contributed by atoms with Crippen LogP contribution in [0.2, 0.25) is 15.5 Å². The number of carbonyl (C=O) groups excluding carboxylic acids is 1. The van der Waals surface area contributed by atoms with Crippen LogP contribution in [0.15, 0.2) is 23.1 Å². The number of halogens is 4. The lowest BCUT2D eigenvalue weighted by Gasteiger charge is -2.08. The van der Waals surface area contributed by atoms with Gasteiger partial charge >= 0.3 is 0 Å². The van der Waals surface area contributed by atoms with Gasteiger partial charge in [0.05, 0.1) is 5.56 Å². The smallest absolute Gasteiger partial charge is 0.258 e. The summed E-state index contributed by atoms with van der Waals surface area (Å²) in [6.07, 6.45) is 2.67. The van der Waals surface area contributed by atoms with Crippen molar-refractivity contribution in [1.29, 1.82) is 0 Å². The Hall–Kier alpha value is -0.950. The summed E-state index contributed by atoms with van der Waals surface area (Å²) >= 11 is 20.7. The maximum Gasteiger partial charge on any atom is 0.258 e. The van der Waals surface area contributed by atoms with Gasteiger partial charge < -0.3 is 5.32 Å². The summed E-state index contributed by atoms with van der Waals surface area (Å²) in [6.45, 7) is 0. The highest BCUT2D eigenvalue weighted by Crippen LogP contribution is 2.27. The molecule has 2 aromatic heterocycles. The first-order valence-corrected chi connectivity index (χ1v) is 6.70. The first-order chi connectivity index (χ1) is 8.99. The molecular formula is C10H4BrCl3N4O. The van der Waals surface area contributed by atoms with E-state index in [1.54, 1.807) is 0 Å². The zero-order chi connectivity index (χ0) is 14.0. The van der Waals surface area contributed by atoms with Gasteiger partial charge in [-0.3, -0.25) is 4.79 Å². The second-order valence-corrected chi connectivity index (χ2v) is 5.27. The third-order valence-corrected chi connectivity index (χ3v) is 3.35. The van der Waals surface area contributed by atoms with Crippen LogP contribution in [-0.2, 0) is 0 Å². The first kappa shape index (κ1) is 14.5. The van der Waals surface area contributed by atoms with Gasteiger partial charge in [-0.05, 0) is 22.0 Å².